The minimum atomic E-state index is -0.899. The van der Waals surface area contributed by atoms with Gasteiger partial charge in [0.2, 0.25) is 0 Å². The second-order valence-corrected chi connectivity index (χ2v) is 12.4. The molecule has 0 saturated heterocycles. The van der Waals surface area contributed by atoms with E-state index in [1.807, 2.05) is 0 Å². The average Bonchev–Trinajstić information content (AvgIpc) is 4.17. The highest BCUT2D eigenvalue weighted by atomic mass is 32.1. The molecule has 10 rings (SSSR count). The molecular weight excluding hydrogens is 647 g/mol. The fraction of sp³-hybridized carbons (Fsp3) is 0. The predicted molar refractivity (Wildman–Crippen MR) is 213 cm³/mol. The van der Waals surface area contributed by atoms with Crippen molar-refractivity contribution in [3.8, 4) is 56.4 Å². The van der Waals surface area contributed by atoms with Crippen LogP contribution in [-0.4, -0.2) is 15.0 Å². The van der Waals surface area contributed by atoms with Crippen LogP contribution in [0.1, 0.15) is 37.0 Å². The third-order valence-electron chi connectivity index (χ3n) is 7.49. The maximum absolute atomic E-state index is 9.70. The summed E-state index contributed by atoms with van der Waals surface area (Å²) in [7, 11) is 0. The molecule has 7 aromatic carbocycles. The van der Waals surface area contributed by atoms with Crippen LogP contribution in [0.25, 0.3) is 96.8 Å². The molecule has 3 aromatic heterocycles. The Morgan fingerprint density at radius 3 is 1.38 bits per heavy atom. The van der Waals surface area contributed by atoms with E-state index in [-0.39, 0.29) is 40.3 Å². The van der Waals surface area contributed by atoms with Crippen molar-refractivity contribution < 1.29 is 37.0 Å². The molecule has 0 amide bonds. The second kappa shape index (κ2) is 11.8. The quantitative estimate of drug-likeness (QED) is 0.179. The van der Waals surface area contributed by atoms with E-state index in [4.69, 9.17) is 26.0 Å². The van der Waals surface area contributed by atoms with Gasteiger partial charge in [0.1, 0.15) is 0 Å². The molecule has 0 fully saturated rings. The first-order valence-corrected chi connectivity index (χ1v) is 16.0. The van der Waals surface area contributed by atoms with Crippen molar-refractivity contribution in [2.45, 2.75) is 0 Å². The number of fused-ring (bicyclic) bond motifs is 6. The predicted octanol–water partition coefficient (Wildman–Crippen LogP) is 12.9. The van der Waals surface area contributed by atoms with Crippen LogP contribution in [0, 0.1) is 0 Å². The van der Waals surface area contributed by atoms with E-state index in [2.05, 4.69) is 15.0 Å². The number of aromatic nitrogens is 3. The third kappa shape index (κ3) is 4.82. The molecule has 10 aromatic rings. The van der Waals surface area contributed by atoms with E-state index in [9.17, 15) is 11.0 Å². The smallest absolute Gasteiger partial charge is 0.164 e. The largest absolute Gasteiger partial charge is 0.208 e. The zero-order valence-electron chi connectivity index (χ0n) is 51.7. The lowest BCUT2D eigenvalue weighted by atomic mass is 9.93. The van der Waals surface area contributed by atoms with Gasteiger partial charge in [0.25, 0.3) is 0 Å². The molecule has 0 unspecified atom stereocenters. The number of nitrogens with zero attached hydrogens (tertiary/aromatic N) is 3. The Labute approximate surface area is 334 Å². The minimum absolute atomic E-state index is 0.111. The van der Waals surface area contributed by atoms with Gasteiger partial charge in [-0.05, 0) is 23.2 Å². The lowest BCUT2D eigenvalue weighted by Gasteiger charge is -2.12. The van der Waals surface area contributed by atoms with E-state index < -0.39 is 220 Å². The van der Waals surface area contributed by atoms with Crippen molar-refractivity contribution in [1.82, 2.24) is 15.0 Å². The van der Waals surface area contributed by atoms with Gasteiger partial charge in [0.05, 0.1) is 37.0 Å². The van der Waals surface area contributed by atoms with Crippen LogP contribution in [-0.2, 0) is 0 Å². The van der Waals surface area contributed by atoms with Crippen LogP contribution in [0.15, 0.2) is 163 Å². The maximum atomic E-state index is 9.70. The fourth-order valence-electron chi connectivity index (χ4n) is 5.33. The van der Waals surface area contributed by atoms with Crippen molar-refractivity contribution in [2.75, 3.05) is 0 Å². The summed E-state index contributed by atoms with van der Waals surface area (Å²) in [5.41, 5.74) is -4.11. The van der Waals surface area contributed by atoms with Gasteiger partial charge in [0, 0.05) is 68.2 Å². The Bertz CT molecular complexity index is 4290. The Morgan fingerprint density at radius 1 is 0.340 bits per heavy atom. The highest BCUT2D eigenvalue weighted by molar-refractivity contribution is 7.26. The van der Waals surface area contributed by atoms with E-state index in [0.29, 0.717) is 22.7 Å². The Balaban J connectivity index is 1.35. The van der Waals surface area contributed by atoms with Crippen LogP contribution in [0.3, 0.4) is 0 Å². The summed E-state index contributed by atoms with van der Waals surface area (Å²) in [5, 5.41) is -1.17. The number of thiophene rings is 2. The molecule has 0 aliphatic rings. The fourth-order valence-corrected chi connectivity index (χ4v) is 7.53. The first-order chi connectivity index (χ1) is 36.0. The minimum Gasteiger partial charge on any atom is -0.208 e. The number of hydrogen-bond donors (Lipinski definition) is 0. The Kier molecular flexibility index (Phi) is 3.01. The molecule has 0 bridgehead atoms. The van der Waals surface area contributed by atoms with Crippen molar-refractivity contribution in [1.29, 1.82) is 0 Å². The Hall–Kier alpha value is -6.01. The molecule has 3 heterocycles. The van der Waals surface area contributed by atoms with E-state index in [1.54, 1.807) is 0 Å². The SMILES string of the molecule is [2H]c1c([2H])c([2H])c(-c2nc(-c3c([2H])c([2H])c([2H])c([2H])c3[2H])nc(-c3c([2H])c([2H])c4c(sc5c(-c6c([2H])c([2H])c([2H])c([2H])c6-c6c([2H])c([2H])c([2H])c7c6sc6c([2H])c([2H])c([2H])c([2H])c67)c([2H])c([2H])c([2H])c54)c3[2H])n2)c([2H])c1[2H]. The number of hydrogen-bond acceptors (Lipinski definition) is 5. The van der Waals surface area contributed by atoms with Gasteiger partial charge in [-0.1, -0.05) is 151 Å². The zero-order valence-corrected chi connectivity index (χ0v) is 26.3. The molecule has 0 radical (unpaired) electrons. The normalized spacial score (nSPS) is 19.2. The van der Waals surface area contributed by atoms with Crippen molar-refractivity contribution >= 4 is 63.0 Å². The monoisotopic (exact) mass is 700 g/mol. The topological polar surface area (TPSA) is 38.7 Å². The Morgan fingerprint density at radius 2 is 0.780 bits per heavy atom. The molecule has 0 N–H and O–H groups in total. The van der Waals surface area contributed by atoms with E-state index in [1.165, 1.54) is 0 Å². The van der Waals surface area contributed by atoms with Crippen LogP contribution < -0.4 is 0 Å². The van der Waals surface area contributed by atoms with Crippen LogP contribution >= 0.6 is 22.7 Å². The molecule has 3 nitrogen and oxygen atoms in total. The highest BCUT2D eigenvalue weighted by Crippen LogP contribution is 2.46. The van der Waals surface area contributed by atoms with Gasteiger partial charge in [0.15, 0.2) is 17.5 Å². The van der Waals surface area contributed by atoms with Crippen molar-refractivity contribution in [3.63, 3.8) is 0 Å². The lowest BCUT2D eigenvalue weighted by molar-refractivity contribution is 1.07. The molecule has 0 aliphatic carbocycles. The molecule has 0 saturated carbocycles. The van der Waals surface area contributed by atoms with Gasteiger partial charge in [-0.25, -0.2) is 15.0 Å². The van der Waals surface area contributed by atoms with Crippen molar-refractivity contribution in [3.05, 3.63) is 163 Å². The standard InChI is InChI=1S/C45H27N3S2/c1-3-13-28(14-4-1)43-46-44(29-15-5-2-6-16-29)48-45(47-43)30-25-26-34-38-23-12-21-36(42(38)50-40(34)27-30)32-18-8-7-17-31(32)35-20-11-22-37-33-19-9-10-24-39(33)49-41(35)37/h1-27H/i1D,2D,3D,4D,5D,6D,7D,8D,9D,10D,11D,12D,13D,14D,15D,16D,17D,18D,19D,20D,21D,22D,23D,24D,25D,26D,27D. The van der Waals surface area contributed by atoms with Crippen LogP contribution in [0.5, 0.6) is 0 Å². The van der Waals surface area contributed by atoms with Gasteiger partial charge in [-0.15, -0.1) is 22.7 Å². The van der Waals surface area contributed by atoms with E-state index >= 15 is 0 Å². The lowest BCUT2D eigenvalue weighted by Crippen LogP contribution is -1.99. The first-order valence-electron chi connectivity index (χ1n) is 27.9. The summed E-state index contributed by atoms with van der Waals surface area (Å²) in [6, 6.07) is -21.5. The van der Waals surface area contributed by atoms with Crippen LogP contribution in [0.2, 0.25) is 0 Å². The number of rotatable bonds is 5. The maximum Gasteiger partial charge on any atom is 0.164 e. The highest BCUT2D eigenvalue weighted by Gasteiger charge is 2.18. The van der Waals surface area contributed by atoms with E-state index in [0.717, 1.165) is 0 Å². The molecular formula is C45H27N3S2. The summed E-state index contributed by atoms with van der Waals surface area (Å²) >= 11 is 1.21. The summed E-state index contributed by atoms with van der Waals surface area (Å²) in [4.78, 5) is 12.9. The average molecular weight is 701 g/mol. The summed E-state index contributed by atoms with van der Waals surface area (Å²) in [6.45, 7) is 0. The van der Waals surface area contributed by atoms with Gasteiger partial charge in [-0.2, -0.15) is 0 Å². The summed E-state index contributed by atoms with van der Waals surface area (Å²) in [6.07, 6.45) is 0. The molecule has 0 atom stereocenters. The zero-order chi connectivity index (χ0) is 56.5. The summed E-state index contributed by atoms with van der Waals surface area (Å²) < 4.78 is 238. The molecule has 0 spiro atoms. The van der Waals surface area contributed by atoms with Crippen LogP contribution in [0.4, 0.5) is 0 Å². The second-order valence-electron chi connectivity index (χ2n) is 10.3. The molecule has 0 aliphatic heterocycles. The first kappa shape index (κ1) is 12.7. The summed E-state index contributed by atoms with van der Waals surface area (Å²) in [5.74, 6) is -2.24. The number of benzene rings is 7. The molecule has 234 valence electrons. The van der Waals surface area contributed by atoms with Crippen molar-refractivity contribution in [2.24, 2.45) is 0 Å². The molecule has 50 heavy (non-hydrogen) atoms. The van der Waals surface area contributed by atoms with Gasteiger partial charge in [-0.3, -0.25) is 0 Å². The molecule has 5 heteroatoms. The van der Waals surface area contributed by atoms with Gasteiger partial charge >= 0.3 is 0 Å². The van der Waals surface area contributed by atoms with Gasteiger partial charge < -0.3 is 0 Å². The third-order valence-corrected chi connectivity index (χ3v) is 9.74.